The van der Waals surface area contributed by atoms with Gasteiger partial charge >= 0.3 is 0 Å². The molecular weight excluding hydrogens is 458 g/mol. The van der Waals surface area contributed by atoms with Crippen LogP contribution in [0.4, 0.5) is 11.4 Å². The van der Waals surface area contributed by atoms with Crippen LogP contribution in [0.15, 0.2) is 108 Å². The Balaban J connectivity index is 1.24. The van der Waals surface area contributed by atoms with E-state index >= 15 is 0 Å². The van der Waals surface area contributed by atoms with Crippen molar-refractivity contribution in [1.29, 1.82) is 0 Å². The number of amides is 2. The van der Waals surface area contributed by atoms with E-state index in [1.807, 2.05) is 66.7 Å². The van der Waals surface area contributed by atoms with E-state index in [2.05, 4.69) is 16.0 Å². The quantitative estimate of drug-likeness (QED) is 0.235. The second-order valence-corrected chi connectivity index (χ2v) is 8.04. The Kier molecular flexibility index (Phi) is 7.83. The average molecular weight is 482 g/mol. The molecule has 0 saturated carbocycles. The Morgan fingerprint density at radius 1 is 0.771 bits per heavy atom. The molecule has 0 fully saturated rings. The lowest BCUT2D eigenvalue weighted by molar-refractivity contribution is -0.116. The molecule has 4 rings (SSSR count). The highest BCUT2D eigenvalue weighted by molar-refractivity contribution is 7.80. The molecular formula is C28H23N3O3S. The number of benzene rings is 3. The van der Waals surface area contributed by atoms with E-state index in [0.717, 1.165) is 16.9 Å². The summed E-state index contributed by atoms with van der Waals surface area (Å²) in [5.74, 6) is 0.800. The van der Waals surface area contributed by atoms with Crippen LogP contribution in [0.2, 0.25) is 0 Å². The van der Waals surface area contributed by atoms with Gasteiger partial charge in [-0.2, -0.15) is 0 Å². The smallest absolute Gasteiger partial charge is 0.250 e. The number of nitrogens with one attached hydrogen (secondary N) is 3. The molecule has 6 nitrogen and oxygen atoms in total. The molecule has 0 atom stereocenters. The van der Waals surface area contributed by atoms with Gasteiger partial charge in [0.05, 0.1) is 6.42 Å². The molecule has 0 aliphatic rings. The Morgan fingerprint density at radius 2 is 1.40 bits per heavy atom. The summed E-state index contributed by atoms with van der Waals surface area (Å²) < 4.78 is 5.75. The first-order chi connectivity index (χ1) is 17.0. The topological polar surface area (TPSA) is 83.4 Å². The minimum absolute atomic E-state index is 0.0982. The van der Waals surface area contributed by atoms with Crippen LogP contribution in [0.5, 0.6) is 0 Å². The van der Waals surface area contributed by atoms with Crippen molar-refractivity contribution >= 4 is 46.6 Å². The number of hydrogen-bond acceptors (Lipinski definition) is 4. The van der Waals surface area contributed by atoms with E-state index in [4.69, 9.17) is 16.6 Å². The zero-order valence-corrected chi connectivity index (χ0v) is 19.5. The summed E-state index contributed by atoms with van der Waals surface area (Å²) in [6.45, 7) is 0. The SMILES string of the molecule is O=C(C=Cc1ccc(-c2ccccc2)o1)NC(=S)Nc1ccc(NC(=O)Cc2ccccc2)cc1. The van der Waals surface area contributed by atoms with Crippen molar-refractivity contribution in [1.82, 2.24) is 5.32 Å². The third-order valence-electron chi connectivity index (χ3n) is 4.95. The van der Waals surface area contributed by atoms with Crippen LogP contribution in [-0.4, -0.2) is 16.9 Å². The number of hydrogen-bond donors (Lipinski definition) is 3. The third-order valence-corrected chi connectivity index (χ3v) is 5.16. The number of carbonyl (C=O) groups excluding carboxylic acids is 2. The molecule has 1 aromatic heterocycles. The molecule has 0 unspecified atom stereocenters. The molecule has 1 heterocycles. The van der Waals surface area contributed by atoms with Crippen molar-refractivity contribution in [2.45, 2.75) is 6.42 Å². The summed E-state index contributed by atoms with van der Waals surface area (Å²) in [6, 6.07) is 30.0. The predicted molar refractivity (Wildman–Crippen MR) is 143 cm³/mol. The Bertz CT molecular complexity index is 1330. The lowest BCUT2D eigenvalue weighted by atomic mass is 10.1. The van der Waals surface area contributed by atoms with Gasteiger partial charge in [-0.05, 0) is 60.3 Å². The van der Waals surface area contributed by atoms with Crippen molar-refractivity contribution in [3.63, 3.8) is 0 Å². The van der Waals surface area contributed by atoms with E-state index < -0.39 is 0 Å². The van der Waals surface area contributed by atoms with Crippen LogP contribution in [-0.2, 0) is 16.0 Å². The normalized spacial score (nSPS) is 10.6. The maximum absolute atomic E-state index is 12.2. The standard InChI is InChI=1S/C28H23N3O3S/c32-26(18-16-24-15-17-25(34-24)21-9-5-2-6-10-21)31-28(35)30-23-13-11-22(12-14-23)29-27(33)19-20-7-3-1-4-8-20/h1-18H,19H2,(H,29,33)(H2,30,31,32,35). The Labute approximate surface area is 208 Å². The van der Waals surface area contributed by atoms with Crippen molar-refractivity contribution in [3.05, 3.63) is 114 Å². The van der Waals surface area contributed by atoms with E-state index in [-0.39, 0.29) is 16.9 Å². The molecule has 7 heteroatoms. The van der Waals surface area contributed by atoms with Gasteiger partial charge in [0.15, 0.2) is 5.11 Å². The second kappa shape index (κ2) is 11.6. The molecule has 0 saturated heterocycles. The van der Waals surface area contributed by atoms with Gasteiger partial charge < -0.3 is 15.1 Å². The van der Waals surface area contributed by atoms with E-state index in [9.17, 15) is 9.59 Å². The van der Waals surface area contributed by atoms with Gasteiger partial charge in [0.1, 0.15) is 11.5 Å². The molecule has 0 bridgehead atoms. The molecule has 0 aliphatic carbocycles. The van der Waals surface area contributed by atoms with Gasteiger partial charge in [-0.3, -0.25) is 14.9 Å². The number of thiocarbonyl (C=S) groups is 1. The fourth-order valence-electron chi connectivity index (χ4n) is 3.30. The molecule has 3 N–H and O–H groups in total. The first-order valence-electron chi connectivity index (χ1n) is 10.9. The predicted octanol–water partition coefficient (Wildman–Crippen LogP) is 5.65. The summed E-state index contributed by atoms with van der Waals surface area (Å²) >= 11 is 5.22. The van der Waals surface area contributed by atoms with Crippen molar-refractivity contribution < 1.29 is 14.0 Å². The molecule has 0 spiro atoms. The first-order valence-corrected chi connectivity index (χ1v) is 11.4. The number of carbonyl (C=O) groups is 2. The van der Waals surface area contributed by atoms with Gasteiger partial charge in [-0.25, -0.2) is 0 Å². The zero-order valence-electron chi connectivity index (χ0n) is 18.7. The van der Waals surface area contributed by atoms with Gasteiger partial charge in [0.25, 0.3) is 0 Å². The fourth-order valence-corrected chi connectivity index (χ4v) is 3.52. The summed E-state index contributed by atoms with van der Waals surface area (Å²) in [6.07, 6.45) is 3.24. The number of rotatable bonds is 7. The van der Waals surface area contributed by atoms with Crippen molar-refractivity contribution in [3.8, 4) is 11.3 Å². The van der Waals surface area contributed by atoms with Gasteiger partial charge in [-0.1, -0.05) is 60.7 Å². The van der Waals surface area contributed by atoms with Crippen LogP contribution in [0.3, 0.4) is 0 Å². The minimum Gasteiger partial charge on any atom is -0.457 e. The van der Waals surface area contributed by atoms with E-state index in [1.165, 1.54) is 6.08 Å². The summed E-state index contributed by atoms with van der Waals surface area (Å²) in [4.78, 5) is 24.4. The summed E-state index contributed by atoms with van der Waals surface area (Å²) in [5.41, 5.74) is 3.26. The van der Waals surface area contributed by atoms with Crippen LogP contribution >= 0.6 is 12.2 Å². The summed E-state index contributed by atoms with van der Waals surface area (Å²) in [5, 5.41) is 8.56. The maximum atomic E-state index is 12.2. The van der Waals surface area contributed by atoms with E-state index in [1.54, 1.807) is 36.4 Å². The highest BCUT2D eigenvalue weighted by Gasteiger charge is 2.06. The van der Waals surface area contributed by atoms with Crippen LogP contribution < -0.4 is 16.0 Å². The van der Waals surface area contributed by atoms with Crippen LogP contribution in [0, 0.1) is 0 Å². The monoisotopic (exact) mass is 481 g/mol. The largest absolute Gasteiger partial charge is 0.457 e. The fraction of sp³-hybridized carbons (Fsp3) is 0.0357. The molecule has 0 radical (unpaired) electrons. The molecule has 0 aliphatic heterocycles. The first kappa shape index (κ1) is 23.7. The Morgan fingerprint density at radius 3 is 2.09 bits per heavy atom. The second-order valence-electron chi connectivity index (χ2n) is 7.63. The maximum Gasteiger partial charge on any atom is 0.250 e. The van der Waals surface area contributed by atoms with Crippen molar-refractivity contribution in [2.75, 3.05) is 10.6 Å². The van der Waals surface area contributed by atoms with Gasteiger partial charge in [0.2, 0.25) is 11.8 Å². The number of anilines is 2. The molecule has 35 heavy (non-hydrogen) atoms. The lowest BCUT2D eigenvalue weighted by Crippen LogP contribution is -2.32. The van der Waals surface area contributed by atoms with Crippen LogP contribution in [0.25, 0.3) is 17.4 Å². The lowest BCUT2D eigenvalue weighted by Gasteiger charge is -2.10. The number of furan rings is 1. The Hall–Kier alpha value is -4.49. The van der Waals surface area contributed by atoms with Gasteiger partial charge in [-0.15, -0.1) is 0 Å². The highest BCUT2D eigenvalue weighted by Crippen LogP contribution is 2.22. The van der Waals surface area contributed by atoms with E-state index in [0.29, 0.717) is 23.6 Å². The molecule has 4 aromatic rings. The molecule has 174 valence electrons. The summed E-state index contributed by atoms with van der Waals surface area (Å²) in [7, 11) is 0. The van der Waals surface area contributed by atoms with Crippen molar-refractivity contribution in [2.24, 2.45) is 0 Å². The average Bonchev–Trinajstić information content (AvgIpc) is 3.34. The zero-order chi connectivity index (χ0) is 24.5. The van der Waals surface area contributed by atoms with Crippen LogP contribution in [0.1, 0.15) is 11.3 Å². The molecule has 3 aromatic carbocycles. The van der Waals surface area contributed by atoms with Gasteiger partial charge in [0, 0.05) is 23.0 Å². The minimum atomic E-state index is -0.384. The molecule has 2 amide bonds. The third kappa shape index (κ3) is 7.25. The highest BCUT2D eigenvalue weighted by atomic mass is 32.1.